The van der Waals surface area contributed by atoms with E-state index in [0.29, 0.717) is 17.7 Å². The van der Waals surface area contributed by atoms with E-state index in [1.54, 1.807) is 12.1 Å². The molecule has 0 fully saturated rings. The van der Waals surface area contributed by atoms with Crippen molar-refractivity contribution in [2.45, 2.75) is 45.7 Å². The van der Waals surface area contributed by atoms with E-state index in [2.05, 4.69) is 31.4 Å². The smallest absolute Gasteiger partial charge is 0.251 e. The topological polar surface area (TPSA) is 58.2 Å². The maximum absolute atomic E-state index is 12.5. The summed E-state index contributed by atoms with van der Waals surface area (Å²) in [5.74, 6) is -0.232. The van der Waals surface area contributed by atoms with E-state index >= 15 is 0 Å². The summed E-state index contributed by atoms with van der Waals surface area (Å²) in [7, 11) is 0. The molecule has 0 bridgehead atoms. The average molecular weight is 415 g/mol. The fraction of sp³-hybridized carbons (Fsp3) is 0.259. The van der Waals surface area contributed by atoms with Crippen LogP contribution in [0.2, 0.25) is 0 Å². The molecule has 3 aromatic carbocycles. The van der Waals surface area contributed by atoms with Crippen molar-refractivity contribution in [1.29, 1.82) is 0 Å². The molecule has 160 valence electrons. The molecule has 0 aliphatic heterocycles. The van der Waals surface area contributed by atoms with Crippen LogP contribution in [-0.2, 0) is 12.0 Å². The Morgan fingerprint density at radius 2 is 1.32 bits per heavy atom. The second kappa shape index (κ2) is 9.61. The van der Waals surface area contributed by atoms with Gasteiger partial charge in [0.1, 0.15) is 0 Å². The van der Waals surface area contributed by atoms with Gasteiger partial charge in [-0.1, -0.05) is 75.4 Å². The molecule has 1 atom stereocenters. The Morgan fingerprint density at radius 3 is 1.90 bits per heavy atom. The predicted molar refractivity (Wildman–Crippen MR) is 125 cm³/mol. The quantitative estimate of drug-likeness (QED) is 0.567. The lowest BCUT2D eigenvalue weighted by Crippen LogP contribution is -2.26. The molecule has 0 heterocycles. The molecule has 31 heavy (non-hydrogen) atoms. The zero-order chi connectivity index (χ0) is 22.4. The Kier molecular flexibility index (Phi) is 6.91. The summed E-state index contributed by atoms with van der Waals surface area (Å²) in [5, 5.41) is 5.95. The van der Waals surface area contributed by atoms with Crippen LogP contribution in [0.1, 0.15) is 71.1 Å². The minimum atomic E-state index is -0.120. The van der Waals surface area contributed by atoms with Crippen molar-refractivity contribution < 1.29 is 9.59 Å². The van der Waals surface area contributed by atoms with Crippen LogP contribution in [0.25, 0.3) is 0 Å². The van der Waals surface area contributed by atoms with Gasteiger partial charge in [-0.05, 0) is 53.3 Å². The minimum absolute atomic E-state index is 0.0575. The predicted octanol–water partition coefficient (Wildman–Crippen LogP) is 5.41. The van der Waals surface area contributed by atoms with Crippen LogP contribution >= 0.6 is 0 Å². The molecular formula is C27H30N2O2. The molecule has 3 aromatic rings. The molecule has 2 amide bonds. The number of hydrogen-bond acceptors (Lipinski definition) is 2. The third-order valence-corrected chi connectivity index (χ3v) is 5.33. The zero-order valence-corrected chi connectivity index (χ0v) is 18.6. The standard InChI is InChI=1S/C27H30N2O2/c1-19(21-8-6-5-7-9-21)29-26(31)23-12-10-20(11-13-23)18-28-25(30)22-14-16-24(17-15-22)27(2,3)4/h5-17,19H,18H2,1-4H3,(H,28,30)(H,29,31). The number of amides is 2. The highest BCUT2D eigenvalue weighted by atomic mass is 16.2. The van der Waals surface area contributed by atoms with Gasteiger partial charge in [-0.3, -0.25) is 9.59 Å². The second-order valence-electron chi connectivity index (χ2n) is 8.81. The summed E-state index contributed by atoms with van der Waals surface area (Å²) < 4.78 is 0. The van der Waals surface area contributed by atoms with Crippen LogP contribution in [0.3, 0.4) is 0 Å². The van der Waals surface area contributed by atoms with E-state index < -0.39 is 0 Å². The molecule has 0 saturated carbocycles. The van der Waals surface area contributed by atoms with Crippen LogP contribution < -0.4 is 10.6 Å². The molecule has 0 spiro atoms. The van der Waals surface area contributed by atoms with E-state index in [4.69, 9.17) is 0 Å². The number of carbonyl (C=O) groups is 2. The first-order valence-corrected chi connectivity index (χ1v) is 10.6. The number of nitrogens with one attached hydrogen (secondary N) is 2. The maximum Gasteiger partial charge on any atom is 0.251 e. The van der Waals surface area contributed by atoms with Crippen molar-refractivity contribution in [3.05, 3.63) is 107 Å². The van der Waals surface area contributed by atoms with Crippen LogP contribution in [-0.4, -0.2) is 11.8 Å². The van der Waals surface area contributed by atoms with Crippen molar-refractivity contribution in [2.24, 2.45) is 0 Å². The van der Waals surface area contributed by atoms with E-state index in [0.717, 1.165) is 11.1 Å². The summed E-state index contributed by atoms with van der Waals surface area (Å²) in [5.41, 5.74) is 4.48. The monoisotopic (exact) mass is 414 g/mol. The molecule has 0 aliphatic carbocycles. The van der Waals surface area contributed by atoms with Gasteiger partial charge in [0.25, 0.3) is 11.8 Å². The van der Waals surface area contributed by atoms with Crippen molar-refractivity contribution in [3.8, 4) is 0 Å². The number of rotatable bonds is 6. The molecule has 1 unspecified atom stereocenters. The zero-order valence-electron chi connectivity index (χ0n) is 18.6. The normalized spacial score (nSPS) is 12.1. The third-order valence-electron chi connectivity index (χ3n) is 5.33. The van der Waals surface area contributed by atoms with Crippen LogP contribution in [0.5, 0.6) is 0 Å². The molecule has 0 aliphatic rings. The Balaban J connectivity index is 1.54. The molecule has 0 aromatic heterocycles. The van der Waals surface area contributed by atoms with E-state index in [-0.39, 0.29) is 23.3 Å². The second-order valence-corrected chi connectivity index (χ2v) is 8.81. The van der Waals surface area contributed by atoms with E-state index in [9.17, 15) is 9.59 Å². The number of carbonyl (C=O) groups excluding carboxylic acids is 2. The number of hydrogen-bond donors (Lipinski definition) is 2. The Labute approximate surface area is 184 Å². The Hall–Kier alpha value is -3.40. The molecule has 2 N–H and O–H groups in total. The molecular weight excluding hydrogens is 384 g/mol. The molecule has 3 rings (SSSR count). The first-order chi connectivity index (χ1) is 14.7. The Bertz CT molecular complexity index is 1020. The molecule has 4 nitrogen and oxygen atoms in total. The largest absolute Gasteiger partial charge is 0.348 e. The van der Waals surface area contributed by atoms with Gasteiger partial charge in [-0.2, -0.15) is 0 Å². The van der Waals surface area contributed by atoms with Crippen molar-refractivity contribution in [1.82, 2.24) is 10.6 Å². The van der Waals surface area contributed by atoms with Crippen molar-refractivity contribution in [3.63, 3.8) is 0 Å². The minimum Gasteiger partial charge on any atom is -0.348 e. The van der Waals surface area contributed by atoms with Gasteiger partial charge in [-0.15, -0.1) is 0 Å². The molecule has 4 heteroatoms. The van der Waals surface area contributed by atoms with Crippen LogP contribution in [0, 0.1) is 0 Å². The maximum atomic E-state index is 12.5. The highest BCUT2D eigenvalue weighted by Crippen LogP contribution is 2.22. The first-order valence-electron chi connectivity index (χ1n) is 10.6. The van der Waals surface area contributed by atoms with E-state index in [1.165, 1.54) is 5.56 Å². The molecule has 0 saturated heterocycles. The van der Waals surface area contributed by atoms with Crippen molar-refractivity contribution >= 4 is 11.8 Å². The summed E-state index contributed by atoms with van der Waals surface area (Å²) in [6, 6.07) is 24.8. The third kappa shape index (κ3) is 6.05. The SMILES string of the molecule is CC(NC(=O)c1ccc(CNC(=O)c2ccc(C(C)(C)C)cc2)cc1)c1ccccc1. The van der Waals surface area contributed by atoms with Gasteiger partial charge in [0.15, 0.2) is 0 Å². The van der Waals surface area contributed by atoms with Crippen molar-refractivity contribution in [2.75, 3.05) is 0 Å². The highest BCUT2D eigenvalue weighted by molar-refractivity contribution is 5.95. The molecule has 0 radical (unpaired) electrons. The summed E-state index contributed by atoms with van der Waals surface area (Å²) >= 11 is 0. The average Bonchev–Trinajstić information content (AvgIpc) is 2.78. The number of benzene rings is 3. The first kappa shape index (κ1) is 22.3. The van der Waals surface area contributed by atoms with Gasteiger partial charge < -0.3 is 10.6 Å². The van der Waals surface area contributed by atoms with Gasteiger partial charge >= 0.3 is 0 Å². The fourth-order valence-electron chi connectivity index (χ4n) is 3.28. The van der Waals surface area contributed by atoms with Crippen LogP contribution in [0.4, 0.5) is 0 Å². The van der Waals surface area contributed by atoms with Gasteiger partial charge in [0, 0.05) is 17.7 Å². The van der Waals surface area contributed by atoms with Gasteiger partial charge in [-0.25, -0.2) is 0 Å². The van der Waals surface area contributed by atoms with Gasteiger partial charge in [0.2, 0.25) is 0 Å². The highest BCUT2D eigenvalue weighted by Gasteiger charge is 2.14. The Morgan fingerprint density at radius 1 is 0.774 bits per heavy atom. The summed E-state index contributed by atoms with van der Waals surface area (Å²) in [6.45, 7) is 8.81. The lowest BCUT2D eigenvalue weighted by molar-refractivity contribution is 0.0934. The van der Waals surface area contributed by atoms with Crippen LogP contribution in [0.15, 0.2) is 78.9 Å². The van der Waals surface area contributed by atoms with Gasteiger partial charge in [0.05, 0.1) is 6.04 Å². The summed E-state index contributed by atoms with van der Waals surface area (Å²) in [6.07, 6.45) is 0. The lowest BCUT2D eigenvalue weighted by atomic mass is 9.87. The van der Waals surface area contributed by atoms with E-state index in [1.807, 2.05) is 73.7 Å². The summed E-state index contributed by atoms with van der Waals surface area (Å²) in [4.78, 5) is 24.9. The lowest BCUT2D eigenvalue weighted by Gasteiger charge is -2.19. The fourth-order valence-corrected chi connectivity index (χ4v) is 3.28.